The van der Waals surface area contributed by atoms with Crippen LogP contribution in [0.5, 0.6) is 0 Å². The number of nitrogens with one attached hydrogen (secondary N) is 1. The summed E-state index contributed by atoms with van der Waals surface area (Å²) in [6.07, 6.45) is 1.67. The van der Waals surface area contributed by atoms with Gasteiger partial charge in [-0.25, -0.2) is 9.97 Å². The summed E-state index contributed by atoms with van der Waals surface area (Å²) in [6.45, 7) is 0.249. The minimum Gasteiger partial charge on any atom is -0.391 e. The van der Waals surface area contributed by atoms with Gasteiger partial charge in [0.15, 0.2) is 0 Å². The molecule has 17 heavy (non-hydrogen) atoms. The van der Waals surface area contributed by atoms with Gasteiger partial charge in [-0.3, -0.25) is 4.79 Å². The summed E-state index contributed by atoms with van der Waals surface area (Å²) in [6, 6.07) is 0. The number of halogens is 1. The highest BCUT2D eigenvalue weighted by Gasteiger charge is 2.13. The minimum atomic E-state index is -0.237. The Morgan fingerprint density at radius 3 is 2.88 bits per heavy atom. The molecule has 0 fully saturated rings. The van der Waals surface area contributed by atoms with Gasteiger partial charge in [0, 0.05) is 27.1 Å². The zero-order valence-electron chi connectivity index (χ0n) is 9.77. The molecule has 1 rings (SSSR count). The Morgan fingerprint density at radius 1 is 1.59 bits per heavy atom. The van der Waals surface area contributed by atoms with Crippen molar-refractivity contribution < 1.29 is 9.90 Å². The van der Waals surface area contributed by atoms with E-state index in [9.17, 15) is 9.90 Å². The quantitative estimate of drug-likeness (QED) is 0.738. The number of carbonyl (C=O) groups is 1. The lowest BCUT2D eigenvalue weighted by atomic mass is 10.3. The molecule has 0 spiro atoms. The number of nitrogens with zero attached hydrogens (tertiary/aromatic N) is 3. The van der Waals surface area contributed by atoms with Crippen LogP contribution in [0.15, 0.2) is 6.33 Å². The number of hydrogen-bond donors (Lipinski definition) is 2. The molecule has 2 N–H and O–H groups in total. The van der Waals surface area contributed by atoms with Crippen molar-refractivity contribution in [1.29, 1.82) is 0 Å². The molecule has 1 aromatic rings. The maximum Gasteiger partial charge on any atom is 0.221 e. The molecule has 0 aromatic carbocycles. The van der Waals surface area contributed by atoms with Crippen molar-refractivity contribution in [3.8, 4) is 0 Å². The van der Waals surface area contributed by atoms with Crippen molar-refractivity contribution in [2.75, 3.05) is 25.5 Å². The van der Waals surface area contributed by atoms with Gasteiger partial charge >= 0.3 is 0 Å². The van der Waals surface area contributed by atoms with Crippen LogP contribution in [0.4, 0.5) is 5.82 Å². The lowest BCUT2D eigenvalue weighted by molar-refractivity contribution is -0.120. The van der Waals surface area contributed by atoms with E-state index in [1.54, 1.807) is 19.0 Å². The predicted molar refractivity (Wildman–Crippen MR) is 64.9 cm³/mol. The van der Waals surface area contributed by atoms with E-state index in [4.69, 9.17) is 11.6 Å². The van der Waals surface area contributed by atoms with Crippen LogP contribution in [-0.4, -0.2) is 41.6 Å². The molecule has 6 nitrogen and oxygen atoms in total. The number of rotatable bonds is 5. The van der Waals surface area contributed by atoms with E-state index in [0.717, 1.165) is 0 Å². The summed E-state index contributed by atoms with van der Waals surface area (Å²) >= 11 is 5.85. The molecule has 0 aliphatic rings. The molecule has 1 amide bonds. The largest absolute Gasteiger partial charge is 0.391 e. The number of hydrogen-bond acceptors (Lipinski definition) is 5. The van der Waals surface area contributed by atoms with Crippen LogP contribution in [0.25, 0.3) is 0 Å². The molecule has 0 aliphatic heterocycles. The first-order valence-corrected chi connectivity index (χ1v) is 5.50. The van der Waals surface area contributed by atoms with Crippen molar-refractivity contribution in [2.24, 2.45) is 0 Å². The summed E-state index contributed by atoms with van der Waals surface area (Å²) in [4.78, 5) is 20.7. The van der Waals surface area contributed by atoms with Crippen molar-refractivity contribution in [3.63, 3.8) is 0 Å². The number of aliphatic hydroxyl groups excluding tert-OH is 1. The molecular formula is C10H15ClN4O2. The lowest BCUT2D eigenvalue weighted by Gasteiger charge is -2.20. The number of aliphatic hydroxyl groups is 1. The first kappa shape index (κ1) is 13.7. The summed E-state index contributed by atoms with van der Waals surface area (Å²) < 4.78 is 0. The van der Waals surface area contributed by atoms with Crippen molar-refractivity contribution >= 4 is 23.3 Å². The third-order valence-corrected chi connectivity index (χ3v) is 2.67. The fraction of sp³-hybridized carbons (Fsp3) is 0.500. The predicted octanol–water partition coefficient (Wildman–Crippen LogP) is 0.195. The van der Waals surface area contributed by atoms with Crippen LogP contribution in [-0.2, 0) is 11.4 Å². The number of carbonyl (C=O) groups excluding carboxylic acids is 1. The second-order valence-electron chi connectivity index (χ2n) is 3.47. The van der Waals surface area contributed by atoms with Crippen LogP contribution >= 0.6 is 11.6 Å². The van der Waals surface area contributed by atoms with Gasteiger partial charge in [0.2, 0.25) is 5.91 Å². The summed E-state index contributed by atoms with van der Waals surface area (Å²) in [5, 5.41) is 12.0. The maximum absolute atomic E-state index is 11.1. The number of amides is 1. The van der Waals surface area contributed by atoms with Crippen molar-refractivity contribution in [1.82, 2.24) is 15.3 Å². The van der Waals surface area contributed by atoms with Crippen LogP contribution in [0.3, 0.4) is 0 Å². The van der Waals surface area contributed by atoms with Crippen LogP contribution in [0.1, 0.15) is 12.0 Å². The molecule has 7 heteroatoms. The molecule has 0 radical (unpaired) electrons. The molecular weight excluding hydrogens is 244 g/mol. The second kappa shape index (κ2) is 6.36. The first-order valence-electron chi connectivity index (χ1n) is 5.12. The Balaban J connectivity index is 2.78. The Hall–Kier alpha value is -1.40. The monoisotopic (exact) mass is 258 g/mol. The molecule has 94 valence electrons. The zero-order valence-corrected chi connectivity index (χ0v) is 10.5. The highest BCUT2D eigenvalue weighted by Crippen LogP contribution is 2.22. The zero-order chi connectivity index (χ0) is 12.8. The summed E-state index contributed by atoms with van der Waals surface area (Å²) in [5.41, 5.74) is 0.466. The van der Waals surface area contributed by atoms with Gasteiger partial charge in [-0.2, -0.15) is 0 Å². The standard InChI is InChI=1S/C10H15ClN4O2/c1-12-8(17)3-4-15(2)10-7(5-16)9(11)13-6-14-10/h6,16H,3-5H2,1-2H3,(H,12,17). The van der Waals surface area contributed by atoms with Gasteiger partial charge in [0.05, 0.1) is 12.2 Å². The number of anilines is 1. The van der Waals surface area contributed by atoms with E-state index < -0.39 is 0 Å². The van der Waals surface area contributed by atoms with E-state index in [1.807, 2.05) is 0 Å². The topological polar surface area (TPSA) is 78.4 Å². The second-order valence-corrected chi connectivity index (χ2v) is 3.83. The fourth-order valence-electron chi connectivity index (χ4n) is 1.35. The smallest absolute Gasteiger partial charge is 0.221 e. The molecule has 1 aromatic heterocycles. The van der Waals surface area contributed by atoms with Gasteiger partial charge in [-0.15, -0.1) is 0 Å². The Kier molecular flexibility index (Phi) is 5.11. The Morgan fingerprint density at radius 2 is 2.29 bits per heavy atom. The van der Waals surface area contributed by atoms with Crippen LogP contribution in [0, 0.1) is 0 Å². The average Bonchev–Trinajstić information content (AvgIpc) is 2.35. The first-order chi connectivity index (χ1) is 8.10. The Labute approximate surface area is 105 Å². The molecule has 0 aliphatic carbocycles. The summed E-state index contributed by atoms with van der Waals surface area (Å²) in [7, 11) is 3.36. The van der Waals surface area contributed by atoms with Crippen molar-refractivity contribution in [3.05, 3.63) is 17.0 Å². The van der Waals surface area contributed by atoms with Gasteiger partial charge in [-0.05, 0) is 0 Å². The average molecular weight is 259 g/mol. The molecule has 0 unspecified atom stereocenters. The highest BCUT2D eigenvalue weighted by molar-refractivity contribution is 6.30. The number of aromatic nitrogens is 2. The van der Waals surface area contributed by atoms with Gasteiger partial charge in [0.1, 0.15) is 17.3 Å². The minimum absolute atomic E-state index is 0.0532. The molecule has 0 atom stereocenters. The lowest BCUT2D eigenvalue weighted by Crippen LogP contribution is -2.27. The fourth-order valence-corrected chi connectivity index (χ4v) is 1.54. The Bertz CT molecular complexity index is 400. The summed E-state index contributed by atoms with van der Waals surface area (Å²) in [5.74, 6) is 0.485. The highest BCUT2D eigenvalue weighted by atomic mass is 35.5. The van der Waals surface area contributed by atoms with E-state index in [-0.39, 0.29) is 17.7 Å². The maximum atomic E-state index is 11.1. The molecule has 0 saturated heterocycles. The molecule has 1 heterocycles. The SMILES string of the molecule is CNC(=O)CCN(C)c1ncnc(Cl)c1CO. The van der Waals surface area contributed by atoms with E-state index >= 15 is 0 Å². The van der Waals surface area contributed by atoms with Gasteiger partial charge in [-0.1, -0.05) is 11.6 Å². The van der Waals surface area contributed by atoms with E-state index in [0.29, 0.717) is 24.3 Å². The van der Waals surface area contributed by atoms with Crippen molar-refractivity contribution in [2.45, 2.75) is 13.0 Å². The van der Waals surface area contributed by atoms with E-state index in [1.165, 1.54) is 6.33 Å². The third kappa shape index (κ3) is 3.54. The third-order valence-electron chi connectivity index (χ3n) is 2.34. The van der Waals surface area contributed by atoms with Gasteiger partial charge in [0.25, 0.3) is 0 Å². The van der Waals surface area contributed by atoms with Crippen LogP contribution in [0.2, 0.25) is 5.15 Å². The molecule has 0 bridgehead atoms. The molecule has 0 saturated carbocycles. The van der Waals surface area contributed by atoms with Crippen LogP contribution < -0.4 is 10.2 Å². The van der Waals surface area contributed by atoms with Gasteiger partial charge < -0.3 is 15.3 Å². The van der Waals surface area contributed by atoms with E-state index in [2.05, 4.69) is 15.3 Å². The normalized spacial score (nSPS) is 10.1.